The minimum absolute atomic E-state index is 0.177. The van der Waals surface area contributed by atoms with Crippen molar-refractivity contribution in [3.05, 3.63) is 71.8 Å². The zero-order valence-electron chi connectivity index (χ0n) is 17.9. The van der Waals surface area contributed by atoms with Gasteiger partial charge in [-0.2, -0.15) is 23.5 Å². The number of benzene rings is 2. The molecule has 0 aliphatic carbocycles. The molecule has 2 unspecified atom stereocenters. The molecule has 1 heterocycles. The van der Waals surface area contributed by atoms with Gasteiger partial charge in [-0.25, -0.2) is 0 Å². The normalized spacial score (nSPS) is 16.1. The Labute approximate surface area is 207 Å². The van der Waals surface area contributed by atoms with Crippen LogP contribution in [0, 0.1) is 0 Å². The van der Waals surface area contributed by atoms with Gasteiger partial charge in [0.25, 0.3) is 0 Å². The van der Waals surface area contributed by atoms with Crippen molar-refractivity contribution < 1.29 is 19.8 Å². The zero-order valence-corrected chi connectivity index (χ0v) is 21.2. The number of carbonyl (C=O) groups is 2. The van der Waals surface area contributed by atoms with Crippen LogP contribution in [-0.4, -0.2) is 44.2 Å². The maximum Gasteiger partial charge on any atom is 0.304 e. The second-order valence-electron chi connectivity index (χ2n) is 7.27. The van der Waals surface area contributed by atoms with E-state index in [1.165, 1.54) is 11.1 Å². The van der Waals surface area contributed by atoms with Gasteiger partial charge in [-0.05, 0) is 29.7 Å². The average Bonchev–Trinajstić information content (AvgIpc) is 3.29. The first kappa shape index (κ1) is 27.0. The Morgan fingerprint density at radius 2 is 1.56 bits per heavy atom. The second kappa shape index (κ2) is 16.4. The minimum atomic E-state index is -0.705. The minimum Gasteiger partial charge on any atom is -0.481 e. The van der Waals surface area contributed by atoms with Crippen LogP contribution in [0.3, 0.4) is 0 Å². The molecule has 2 aromatic carbocycles. The fourth-order valence-corrected chi connectivity index (χ4v) is 8.14. The van der Waals surface area contributed by atoms with Gasteiger partial charge >= 0.3 is 11.9 Å². The summed E-state index contributed by atoms with van der Waals surface area (Å²) >= 11 is 3.63. The molecule has 174 valence electrons. The molecular formula is C24H30O4S4. The highest BCUT2D eigenvalue weighted by atomic mass is 33.1. The quantitative estimate of drug-likeness (QED) is 0.241. The maximum atomic E-state index is 11.1. The largest absolute Gasteiger partial charge is 0.481 e. The first-order valence-corrected chi connectivity index (χ1v) is 15.1. The number of hydrogen-bond donors (Lipinski definition) is 2. The molecule has 0 radical (unpaired) electrons. The molecule has 32 heavy (non-hydrogen) atoms. The molecule has 1 saturated heterocycles. The average molecular weight is 511 g/mol. The Balaban J connectivity index is 0.000000336. The van der Waals surface area contributed by atoms with Crippen molar-refractivity contribution in [2.75, 3.05) is 11.5 Å². The van der Waals surface area contributed by atoms with E-state index in [-0.39, 0.29) is 11.7 Å². The van der Waals surface area contributed by atoms with Gasteiger partial charge in [0.2, 0.25) is 0 Å². The van der Waals surface area contributed by atoms with Crippen molar-refractivity contribution in [3.63, 3.8) is 0 Å². The van der Waals surface area contributed by atoms with Crippen LogP contribution in [0.4, 0.5) is 0 Å². The van der Waals surface area contributed by atoms with Crippen LogP contribution in [0.2, 0.25) is 0 Å². The lowest BCUT2D eigenvalue weighted by Crippen LogP contribution is -2.11. The Bertz CT molecular complexity index is 783. The first-order valence-electron chi connectivity index (χ1n) is 10.5. The summed E-state index contributed by atoms with van der Waals surface area (Å²) in [6, 6.07) is 20.6. The molecule has 0 bridgehead atoms. The fourth-order valence-electron chi connectivity index (χ4n) is 2.91. The summed E-state index contributed by atoms with van der Waals surface area (Å²) in [6.07, 6.45) is 2.56. The molecule has 0 spiro atoms. The van der Waals surface area contributed by atoms with E-state index < -0.39 is 11.9 Å². The van der Waals surface area contributed by atoms with Crippen LogP contribution in [0.25, 0.3) is 0 Å². The molecule has 2 aromatic rings. The number of thioether (sulfide) groups is 2. The predicted molar refractivity (Wildman–Crippen MR) is 142 cm³/mol. The highest BCUT2D eigenvalue weighted by molar-refractivity contribution is 8.77. The van der Waals surface area contributed by atoms with Crippen LogP contribution in [0.15, 0.2) is 60.7 Å². The van der Waals surface area contributed by atoms with E-state index in [4.69, 9.17) is 10.2 Å². The topological polar surface area (TPSA) is 74.6 Å². The van der Waals surface area contributed by atoms with Crippen LogP contribution in [0.5, 0.6) is 0 Å². The number of aliphatic carboxylic acids is 2. The van der Waals surface area contributed by atoms with Gasteiger partial charge in [0.05, 0.1) is 12.8 Å². The summed E-state index contributed by atoms with van der Waals surface area (Å²) in [5, 5.41) is 18.0. The van der Waals surface area contributed by atoms with E-state index in [1.54, 1.807) is 33.3 Å². The third kappa shape index (κ3) is 12.7. The standard InChI is InChI=1S/C19H22O2S2.C5H8O2S2/c20-19(21)13-18(23-15-17-9-5-2-6-10-17)11-12-22-14-16-7-3-1-4-8-16;6-5(7)3-4-1-2-8-9-4/h1-10,18H,11-15H2,(H,20,21);4H,1-3H2,(H,6,7). The first-order chi connectivity index (χ1) is 15.5. The Morgan fingerprint density at radius 3 is 2.09 bits per heavy atom. The number of hydrogen-bond acceptors (Lipinski definition) is 6. The predicted octanol–water partition coefficient (Wildman–Crippen LogP) is 6.70. The van der Waals surface area contributed by atoms with Crippen molar-refractivity contribution in [2.45, 2.75) is 47.7 Å². The molecule has 1 fully saturated rings. The van der Waals surface area contributed by atoms with Gasteiger partial charge in [0.15, 0.2) is 0 Å². The van der Waals surface area contributed by atoms with E-state index in [1.807, 2.05) is 36.0 Å². The lowest BCUT2D eigenvalue weighted by Gasteiger charge is -2.14. The molecule has 4 nitrogen and oxygen atoms in total. The van der Waals surface area contributed by atoms with Gasteiger partial charge in [-0.1, -0.05) is 82.3 Å². The van der Waals surface area contributed by atoms with Crippen molar-refractivity contribution in [2.24, 2.45) is 0 Å². The van der Waals surface area contributed by atoms with Crippen LogP contribution >= 0.6 is 45.1 Å². The lowest BCUT2D eigenvalue weighted by molar-refractivity contribution is -0.138. The summed E-state index contributed by atoms with van der Waals surface area (Å²) in [6.45, 7) is 0. The highest BCUT2D eigenvalue weighted by Crippen LogP contribution is 2.39. The van der Waals surface area contributed by atoms with E-state index in [0.29, 0.717) is 11.7 Å². The molecule has 0 amide bonds. The van der Waals surface area contributed by atoms with E-state index in [2.05, 4.69) is 36.4 Å². The summed E-state index contributed by atoms with van der Waals surface area (Å²) in [5.74, 6) is 2.60. The highest BCUT2D eigenvalue weighted by Gasteiger charge is 2.18. The number of rotatable bonds is 12. The second-order valence-corrected chi connectivity index (χ2v) is 12.5. The number of carboxylic acids is 2. The third-order valence-electron chi connectivity index (χ3n) is 4.56. The molecular weight excluding hydrogens is 481 g/mol. The maximum absolute atomic E-state index is 11.1. The summed E-state index contributed by atoms with van der Waals surface area (Å²) < 4.78 is 0. The zero-order chi connectivity index (χ0) is 23.0. The van der Waals surface area contributed by atoms with Crippen LogP contribution < -0.4 is 0 Å². The molecule has 3 rings (SSSR count). The summed E-state index contributed by atoms with van der Waals surface area (Å²) in [5.41, 5.74) is 2.58. The summed E-state index contributed by atoms with van der Waals surface area (Å²) in [4.78, 5) is 21.2. The van der Waals surface area contributed by atoms with Gasteiger partial charge in [0, 0.05) is 27.8 Å². The van der Waals surface area contributed by atoms with Crippen LogP contribution in [-0.2, 0) is 21.1 Å². The third-order valence-corrected chi connectivity index (χ3v) is 9.93. The molecule has 0 saturated carbocycles. The van der Waals surface area contributed by atoms with Crippen molar-refractivity contribution in [3.8, 4) is 0 Å². The molecule has 2 atom stereocenters. The Morgan fingerprint density at radius 1 is 0.938 bits per heavy atom. The summed E-state index contributed by atoms with van der Waals surface area (Å²) in [7, 11) is 3.48. The van der Waals surface area contributed by atoms with Crippen LogP contribution in [0.1, 0.15) is 36.8 Å². The van der Waals surface area contributed by atoms with Gasteiger partial charge in [-0.15, -0.1) is 0 Å². The van der Waals surface area contributed by atoms with Gasteiger partial charge in [-0.3, -0.25) is 9.59 Å². The van der Waals surface area contributed by atoms with Crippen molar-refractivity contribution in [1.82, 2.24) is 0 Å². The SMILES string of the molecule is O=C(O)CC(CCSCc1ccccc1)SCc1ccccc1.O=C(O)CC1CCSS1. The van der Waals surface area contributed by atoms with E-state index >= 15 is 0 Å². The molecule has 1 aliphatic heterocycles. The lowest BCUT2D eigenvalue weighted by atomic mass is 10.2. The Kier molecular flexibility index (Phi) is 13.9. The smallest absolute Gasteiger partial charge is 0.304 e. The number of carboxylic acid groups (broad SMARTS) is 2. The molecule has 0 aromatic heterocycles. The van der Waals surface area contributed by atoms with Gasteiger partial charge < -0.3 is 10.2 Å². The monoisotopic (exact) mass is 510 g/mol. The van der Waals surface area contributed by atoms with Gasteiger partial charge in [0.1, 0.15) is 0 Å². The van der Waals surface area contributed by atoms with E-state index in [9.17, 15) is 9.59 Å². The Hall–Kier alpha value is -1.22. The van der Waals surface area contributed by atoms with Crippen molar-refractivity contribution in [1.29, 1.82) is 0 Å². The molecule has 8 heteroatoms. The molecule has 1 aliphatic rings. The van der Waals surface area contributed by atoms with Crippen molar-refractivity contribution >= 4 is 57.1 Å². The van der Waals surface area contributed by atoms with E-state index in [0.717, 1.165) is 35.9 Å². The molecule has 2 N–H and O–H groups in total. The fraction of sp³-hybridized carbons (Fsp3) is 0.417.